The molecule has 2 aromatic rings. The van der Waals surface area contributed by atoms with E-state index >= 15 is 0 Å². The highest BCUT2D eigenvalue weighted by molar-refractivity contribution is 6.74. The molecular formula is C25H30Cl2F3NO3Si. The Bertz CT molecular complexity index is 1040. The molecule has 1 fully saturated rings. The summed E-state index contributed by atoms with van der Waals surface area (Å²) in [7, 11) is -2.53. The van der Waals surface area contributed by atoms with E-state index in [1.807, 2.05) is 33.9 Å². The topological polar surface area (TPSA) is 38.8 Å². The highest BCUT2D eigenvalue weighted by Crippen LogP contribution is 2.45. The van der Waals surface area contributed by atoms with Crippen LogP contribution in [0.25, 0.3) is 0 Å². The first-order valence-corrected chi connectivity index (χ1v) is 14.9. The van der Waals surface area contributed by atoms with E-state index in [2.05, 4.69) is 0 Å². The minimum Gasteiger partial charge on any atom is -0.414 e. The number of morpholine rings is 1. The first-order valence-electron chi connectivity index (χ1n) is 11.3. The molecule has 1 aliphatic heterocycles. The van der Waals surface area contributed by atoms with Gasteiger partial charge in [0.2, 0.25) is 5.91 Å². The van der Waals surface area contributed by atoms with Crippen molar-refractivity contribution in [2.75, 3.05) is 13.2 Å². The molecule has 2 aromatic carbocycles. The van der Waals surface area contributed by atoms with Gasteiger partial charge >= 0.3 is 6.18 Å². The Morgan fingerprint density at radius 3 is 2.23 bits per heavy atom. The number of halogens is 5. The summed E-state index contributed by atoms with van der Waals surface area (Å²) in [6.07, 6.45) is -5.59. The molecule has 0 aromatic heterocycles. The number of carbonyl (C=O) groups is 1. The molecule has 0 saturated carbocycles. The van der Waals surface area contributed by atoms with Crippen LogP contribution >= 0.6 is 23.2 Å². The minimum absolute atomic E-state index is 0.295. The van der Waals surface area contributed by atoms with Gasteiger partial charge in [-0.05, 0) is 53.5 Å². The molecule has 10 heteroatoms. The third kappa shape index (κ3) is 6.41. The number of hydrogen-bond donors (Lipinski definition) is 0. The normalized spacial score (nSPS) is 20.7. The van der Waals surface area contributed by atoms with Gasteiger partial charge in [-0.15, -0.1) is 0 Å². The number of ether oxygens (including phenoxy) is 1. The fourth-order valence-corrected chi connectivity index (χ4v) is 5.12. The molecule has 0 unspecified atom stereocenters. The maximum Gasteiger partial charge on any atom is 0.411 e. The van der Waals surface area contributed by atoms with E-state index in [4.69, 9.17) is 32.4 Å². The number of hydrogen-bond acceptors (Lipinski definition) is 3. The number of rotatable bonds is 6. The fraction of sp³-hybridized carbons (Fsp3) is 0.480. The highest BCUT2D eigenvalue weighted by Gasteiger charge is 2.53. The Labute approximate surface area is 215 Å². The Hall–Kier alpha value is -1.58. The average molecular weight is 549 g/mol. The molecule has 1 amide bonds. The molecule has 0 bridgehead atoms. The lowest BCUT2D eigenvalue weighted by atomic mass is 9.91. The van der Waals surface area contributed by atoms with E-state index in [0.717, 1.165) is 4.90 Å². The van der Waals surface area contributed by atoms with Crippen LogP contribution < -0.4 is 0 Å². The van der Waals surface area contributed by atoms with Crippen molar-refractivity contribution in [3.05, 3.63) is 69.7 Å². The second kappa shape index (κ2) is 10.4. The number of amides is 1. The van der Waals surface area contributed by atoms with E-state index in [1.165, 1.54) is 0 Å². The van der Waals surface area contributed by atoms with Crippen molar-refractivity contribution in [1.82, 2.24) is 4.90 Å². The molecule has 0 aliphatic carbocycles. The zero-order valence-electron chi connectivity index (χ0n) is 20.3. The first-order chi connectivity index (χ1) is 16.1. The summed E-state index contributed by atoms with van der Waals surface area (Å²) >= 11 is 12.2. The standard InChI is InChI=1S/C25H30Cl2F3NO3Si/c1-24(2,3)35(4,5)34-14-20(25(28,29)30)31-21(32)15-33-23(17-7-6-8-19(27)13-17)22(31)16-9-11-18(26)12-10-16/h6-13,20,22-23H,14-15H2,1-5H3/t20-,22+,23+/m0/s1. The monoisotopic (exact) mass is 547 g/mol. The lowest BCUT2D eigenvalue weighted by Gasteiger charge is -2.47. The van der Waals surface area contributed by atoms with Crippen molar-refractivity contribution in [3.8, 4) is 0 Å². The molecule has 3 rings (SSSR count). The smallest absolute Gasteiger partial charge is 0.411 e. The van der Waals surface area contributed by atoms with Gasteiger partial charge in [-0.3, -0.25) is 4.79 Å². The quantitative estimate of drug-likeness (QED) is 0.349. The summed E-state index contributed by atoms with van der Waals surface area (Å²) in [5, 5.41) is 0.547. The fourth-order valence-electron chi connectivity index (χ4n) is 3.79. The molecule has 3 atom stereocenters. The summed E-state index contributed by atoms with van der Waals surface area (Å²) in [4.78, 5) is 14.0. The highest BCUT2D eigenvalue weighted by atomic mass is 35.5. The van der Waals surface area contributed by atoms with Crippen LogP contribution in [0.5, 0.6) is 0 Å². The van der Waals surface area contributed by atoms with Crippen molar-refractivity contribution < 1.29 is 27.1 Å². The molecule has 1 saturated heterocycles. The molecule has 0 radical (unpaired) electrons. The predicted octanol–water partition coefficient (Wildman–Crippen LogP) is 7.59. The van der Waals surface area contributed by atoms with Gasteiger partial charge in [0.15, 0.2) is 14.4 Å². The van der Waals surface area contributed by atoms with Crippen LogP contribution in [0.4, 0.5) is 13.2 Å². The largest absolute Gasteiger partial charge is 0.414 e. The van der Waals surface area contributed by atoms with Gasteiger partial charge in [-0.2, -0.15) is 13.2 Å². The molecule has 192 valence electrons. The maximum atomic E-state index is 14.6. The predicted molar refractivity (Wildman–Crippen MR) is 134 cm³/mol. The van der Waals surface area contributed by atoms with Crippen molar-refractivity contribution in [3.63, 3.8) is 0 Å². The van der Waals surface area contributed by atoms with Gasteiger partial charge in [0.25, 0.3) is 0 Å². The van der Waals surface area contributed by atoms with E-state index in [0.29, 0.717) is 21.2 Å². The zero-order chi connectivity index (χ0) is 26.2. The average Bonchev–Trinajstić information content (AvgIpc) is 2.73. The van der Waals surface area contributed by atoms with Gasteiger partial charge in [0.05, 0.1) is 12.6 Å². The van der Waals surface area contributed by atoms with Gasteiger partial charge in [0, 0.05) is 10.0 Å². The van der Waals surface area contributed by atoms with Gasteiger partial charge in [0.1, 0.15) is 12.7 Å². The van der Waals surface area contributed by atoms with Crippen molar-refractivity contribution in [2.24, 2.45) is 0 Å². The Morgan fingerprint density at radius 1 is 1.06 bits per heavy atom. The van der Waals surface area contributed by atoms with Gasteiger partial charge in [-0.25, -0.2) is 0 Å². The van der Waals surface area contributed by atoms with E-state index in [-0.39, 0.29) is 5.04 Å². The molecule has 4 nitrogen and oxygen atoms in total. The summed E-state index contributed by atoms with van der Waals surface area (Å²) < 4.78 is 55.5. The number of carbonyl (C=O) groups excluding carboxylic acids is 1. The lowest BCUT2D eigenvalue weighted by molar-refractivity contribution is -0.219. The lowest BCUT2D eigenvalue weighted by Crippen LogP contribution is -2.58. The van der Waals surface area contributed by atoms with Crippen molar-refractivity contribution >= 4 is 37.4 Å². The summed E-state index contributed by atoms with van der Waals surface area (Å²) in [5.41, 5.74) is 1.04. The third-order valence-electron chi connectivity index (χ3n) is 6.77. The number of alkyl halides is 3. The van der Waals surface area contributed by atoms with Gasteiger partial charge in [-0.1, -0.05) is 68.2 Å². The molecule has 0 N–H and O–H groups in total. The van der Waals surface area contributed by atoms with Crippen LogP contribution in [0, 0.1) is 0 Å². The first kappa shape index (κ1) is 28.0. The molecule has 1 heterocycles. The molecule has 35 heavy (non-hydrogen) atoms. The Balaban J connectivity index is 2.10. The van der Waals surface area contributed by atoms with E-state index < -0.39 is 51.8 Å². The summed E-state index contributed by atoms with van der Waals surface area (Å²) in [6, 6.07) is 9.89. The van der Waals surface area contributed by atoms with Gasteiger partial charge < -0.3 is 14.1 Å². The summed E-state index contributed by atoms with van der Waals surface area (Å²) in [6.45, 7) is 8.47. The molecular weight excluding hydrogens is 518 g/mol. The van der Waals surface area contributed by atoms with Crippen LogP contribution in [-0.4, -0.2) is 44.6 Å². The maximum absolute atomic E-state index is 14.6. The van der Waals surface area contributed by atoms with E-state index in [9.17, 15) is 18.0 Å². The van der Waals surface area contributed by atoms with Crippen LogP contribution in [0.15, 0.2) is 48.5 Å². The van der Waals surface area contributed by atoms with Crippen molar-refractivity contribution in [2.45, 2.75) is 63.3 Å². The summed E-state index contributed by atoms with van der Waals surface area (Å²) in [5.74, 6) is -0.760. The second-order valence-electron chi connectivity index (χ2n) is 10.2. The molecule has 1 aliphatic rings. The minimum atomic E-state index is -4.72. The Kier molecular flexibility index (Phi) is 8.33. The van der Waals surface area contributed by atoms with Crippen molar-refractivity contribution in [1.29, 1.82) is 0 Å². The van der Waals surface area contributed by atoms with Crippen LogP contribution in [0.3, 0.4) is 0 Å². The molecule has 0 spiro atoms. The SMILES string of the molecule is CC(C)(C)[Si](C)(C)OC[C@H](N1C(=O)CO[C@H](c2cccc(Cl)c2)[C@H]1c1ccc(Cl)cc1)C(F)(F)F. The van der Waals surface area contributed by atoms with E-state index in [1.54, 1.807) is 48.5 Å². The zero-order valence-corrected chi connectivity index (χ0v) is 22.8. The number of nitrogens with zero attached hydrogens (tertiary/aromatic N) is 1. The second-order valence-corrected chi connectivity index (χ2v) is 15.9. The number of benzene rings is 2. The van der Waals surface area contributed by atoms with Crippen LogP contribution in [0.1, 0.15) is 44.0 Å². The van der Waals surface area contributed by atoms with Crippen LogP contribution in [0.2, 0.25) is 28.2 Å². The van der Waals surface area contributed by atoms with Crippen LogP contribution in [-0.2, 0) is 14.0 Å². The third-order valence-corrected chi connectivity index (χ3v) is 11.8. The Morgan fingerprint density at radius 2 is 1.69 bits per heavy atom.